The van der Waals surface area contributed by atoms with E-state index in [0.717, 1.165) is 6.26 Å². The van der Waals surface area contributed by atoms with E-state index in [1.54, 1.807) is 30.3 Å². The number of azo groups is 1. The van der Waals surface area contributed by atoms with Gasteiger partial charge in [0.25, 0.3) is 5.91 Å². The van der Waals surface area contributed by atoms with Crippen LogP contribution in [0.25, 0.3) is 10.8 Å². The van der Waals surface area contributed by atoms with Gasteiger partial charge in [0.1, 0.15) is 17.2 Å². The van der Waals surface area contributed by atoms with E-state index in [1.165, 1.54) is 32.4 Å². The minimum Gasteiger partial charge on any atom is -0.505 e. The fourth-order valence-corrected chi connectivity index (χ4v) is 3.36. The molecule has 0 radical (unpaired) electrons. The lowest BCUT2D eigenvalue weighted by atomic mass is 10.1. The number of benzene rings is 3. The second-order valence-corrected chi connectivity index (χ2v) is 8.07. The maximum absolute atomic E-state index is 12.5. The Morgan fingerprint density at radius 2 is 1.60 bits per heavy atom. The van der Waals surface area contributed by atoms with Crippen LogP contribution in [0.1, 0.15) is 10.4 Å². The highest BCUT2D eigenvalue weighted by Crippen LogP contribution is 2.40. The van der Waals surface area contributed by atoms with Crippen LogP contribution < -0.4 is 14.2 Å². The first-order valence-corrected chi connectivity index (χ1v) is 10.5. The highest BCUT2D eigenvalue weighted by Gasteiger charge is 2.15. The highest BCUT2D eigenvalue weighted by molar-refractivity contribution is 7.92. The maximum Gasteiger partial charge on any atom is 0.295 e. The molecule has 10 heteroatoms. The molecule has 3 aromatic rings. The maximum atomic E-state index is 12.5. The lowest BCUT2D eigenvalue weighted by Crippen LogP contribution is -2.09. The van der Waals surface area contributed by atoms with Crippen molar-refractivity contribution in [1.82, 2.24) is 0 Å². The van der Waals surface area contributed by atoms with E-state index < -0.39 is 15.9 Å². The molecule has 9 nitrogen and oxygen atoms in total. The molecule has 1 amide bonds. The third-order valence-electron chi connectivity index (χ3n) is 4.14. The summed E-state index contributed by atoms with van der Waals surface area (Å²) in [5.41, 5.74) is 0.308. The lowest BCUT2D eigenvalue weighted by Gasteiger charge is -2.11. The van der Waals surface area contributed by atoms with Crippen molar-refractivity contribution in [3.63, 3.8) is 0 Å². The Balaban J connectivity index is 2.04. The third-order valence-corrected chi connectivity index (χ3v) is 4.73. The Morgan fingerprint density at radius 3 is 2.17 bits per heavy atom. The van der Waals surface area contributed by atoms with Crippen LogP contribution in [0.15, 0.2) is 58.8 Å². The van der Waals surface area contributed by atoms with Crippen molar-refractivity contribution in [2.75, 3.05) is 25.2 Å². The number of ether oxygens (including phenoxy) is 2. The predicted octanol–water partition coefficient (Wildman–Crippen LogP) is 3.86. The molecule has 0 aliphatic rings. The molecule has 0 heterocycles. The summed E-state index contributed by atoms with van der Waals surface area (Å²) in [5.74, 6) is -0.121. The van der Waals surface area contributed by atoms with E-state index in [2.05, 4.69) is 15.0 Å². The van der Waals surface area contributed by atoms with E-state index in [-0.39, 0.29) is 22.7 Å². The van der Waals surface area contributed by atoms with Gasteiger partial charge in [-0.25, -0.2) is 8.42 Å². The first kappa shape index (κ1) is 21.1. The van der Waals surface area contributed by atoms with Gasteiger partial charge in [-0.05, 0) is 18.2 Å². The number of anilines is 1. The minimum atomic E-state index is -3.59. The van der Waals surface area contributed by atoms with Crippen LogP contribution in [0.4, 0.5) is 11.4 Å². The number of nitrogens with zero attached hydrogens (tertiary/aromatic N) is 2. The van der Waals surface area contributed by atoms with Crippen LogP contribution in [0.5, 0.6) is 17.2 Å². The van der Waals surface area contributed by atoms with Crippen LogP contribution in [0.2, 0.25) is 0 Å². The number of fused-ring (bicyclic) bond motifs is 1. The summed E-state index contributed by atoms with van der Waals surface area (Å²) >= 11 is 0. The standard InChI is InChI=1S/C20H19N3O6S/c1-28-13-8-12(9-14(10-13)29-2)20(25)22-21-18-11-17(23-30(3,26)27)15-6-4-5-7-16(15)19(18)24/h4-11,23-24H,1-3H3. The number of hydrogen-bond donors (Lipinski definition) is 2. The van der Waals surface area contributed by atoms with E-state index in [4.69, 9.17) is 9.47 Å². The normalized spacial score (nSPS) is 11.6. The van der Waals surface area contributed by atoms with Crippen LogP contribution in [-0.2, 0) is 10.0 Å². The molecule has 0 unspecified atom stereocenters. The Morgan fingerprint density at radius 1 is 1.00 bits per heavy atom. The van der Waals surface area contributed by atoms with Crippen LogP contribution >= 0.6 is 0 Å². The molecule has 0 aliphatic heterocycles. The average Bonchev–Trinajstić information content (AvgIpc) is 2.73. The summed E-state index contributed by atoms with van der Waals surface area (Å²) < 4.78 is 36.1. The fourth-order valence-electron chi connectivity index (χ4n) is 2.79. The predicted molar refractivity (Wildman–Crippen MR) is 112 cm³/mol. The van der Waals surface area contributed by atoms with Gasteiger partial charge in [-0.3, -0.25) is 9.52 Å². The van der Waals surface area contributed by atoms with E-state index in [1.807, 2.05) is 0 Å². The first-order chi connectivity index (χ1) is 14.2. The molecule has 0 aromatic heterocycles. The van der Waals surface area contributed by atoms with Gasteiger partial charge < -0.3 is 14.6 Å². The van der Waals surface area contributed by atoms with Gasteiger partial charge in [0.05, 0.1) is 31.7 Å². The van der Waals surface area contributed by atoms with E-state index in [0.29, 0.717) is 22.3 Å². The minimum absolute atomic E-state index is 0.0666. The van der Waals surface area contributed by atoms with Gasteiger partial charge in [-0.15, -0.1) is 10.2 Å². The van der Waals surface area contributed by atoms with Gasteiger partial charge in [-0.2, -0.15) is 0 Å². The quantitative estimate of drug-likeness (QED) is 0.453. The van der Waals surface area contributed by atoms with E-state index >= 15 is 0 Å². The number of carbonyl (C=O) groups is 1. The van der Waals surface area contributed by atoms with Crippen molar-refractivity contribution in [2.45, 2.75) is 0 Å². The van der Waals surface area contributed by atoms with E-state index in [9.17, 15) is 18.3 Å². The molecule has 30 heavy (non-hydrogen) atoms. The van der Waals surface area contributed by atoms with Crippen molar-refractivity contribution in [2.24, 2.45) is 10.2 Å². The van der Waals surface area contributed by atoms with Gasteiger partial charge in [0, 0.05) is 16.8 Å². The molecule has 0 spiro atoms. The van der Waals surface area contributed by atoms with Gasteiger partial charge in [-0.1, -0.05) is 24.3 Å². The number of carbonyl (C=O) groups excluding carboxylic acids is 1. The van der Waals surface area contributed by atoms with Crippen LogP contribution in [0, 0.1) is 0 Å². The Labute approximate surface area is 173 Å². The number of aromatic hydroxyl groups is 1. The van der Waals surface area contributed by atoms with Gasteiger partial charge in [0.15, 0.2) is 5.75 Å². The fraction of sp³-hybridized carbons (Fsp3) is 0.150. The van der Waals surface area contributed by atoms with Crippen LogP contribution in [0.3, 0.4) is 0 Å². The third kappa shape index (κ3) is 4.66. The molecule has 0 aliphatic carbocycles. The summed E-state index contributed by atoms with van der Waals surface area (Å²) in [6.45, 7) is 0. The molecule has 3 aromatic carbocycles. The average molecular weight is 429 g/mol. The molecule has 3 rings (SSSR count). The SMILES string of the molecule is COc1cc(OC)cc(C(=O)N=Nc2cc(NS(C)(=O)=O)c3ccccc3c2O)c1. The summed E-state index contributed by atoms with van der Waals surface area (Å²) in [4.78, 5) is 12.5. The number of nitrogens with one attached hydrogen (secondary N) is 1. The van der Waals surface area contributed by atoms with Crippen molar-refractivity contribution < 1.29 is 27.8 Å². The molecular formula is C20H19N3O6S. The zero-order valence-corrected chi connectivity index (χ0v) is 17.2. The molecule has 156 valence electrons. The van der Waals surface area contributed by atoms with Gasteiger partial charge >= 0.3 is 0 Å². The summed E-state index contributed by atoms with van der Waals surface area (Å²) in [6.07, 6.45) is 1.01. The molecule has 0 saturated heterocycles. The monoisotopic (exact) mass is 429 g/mol. The molecule has 0 fully saturated rings. The van der Waals surface area contributed by atoms with Crippen LogP contribution in [-0.4, -0.2) is 39.9 Å². The largest absolute Gasteiger partial charge is 0.505 e. The molecule has 0 bridgehead atoms. The second-order valence-electron chi connectivity index (χ2n) is 6.32. The van der Waals surface area contributed by atoms with Crippen molar-refractivity contribution in [3.05, 3.63) is 54.1 Å². The number of amides is 1. The summed E-state index contributed by atoms with van der Waals surface area (Å²) in [7, 11) is -0.682. The Kier molecular flexibility index (Phi) is 5.88. The van der Waals surface area contributed by atoms with Crippen molar-refractivity contribution in [3.8, 4) is 17.2 Å². The zero-order valence-electron chi connectivity index (χ0n) is 16.4. The van der Waals surface area contributed by atoms with Crippen molar-refractivity contribution >= 4 is 38.1 Å². The number of hydrogen-bond acceptors (Lipinski definition) is 7. The number of phenolic OH excluding ortho intramolecular Hbond substituents is 1. The number of phenols is 1. The van der Waals surface area contributed by atoms with Crippen molar-refractivity contribution in [1.29, 1.82) is 0 Å². The zero-order chi connectivity index (χ0) is 21.9. The summed E-state index contributed by atoms with van der Waals surface area (Å²) in [6, 6.07) is 12.5. The number of methoxy groups -OCH3 is 2. The Hall–Kier alpha value is -3.66. The Bertz CT molecular complexity index is 1230. The highest BCUT2D eigenvalue weighted by atomic mass is 32.2. The first-order valence-electron chi connectivity index (χ1n) is 8.63. The number of rotatable bonds is 6. The molecular weight excluding hydrogens is 410 g/mol. The molecule has 0 saturated carbocycles. The lowest BCUT2D eigenvalue weighted by molar-refractivity contribution is 0.0994. The second kappa shape index (κ2) is 8.37. The molecule has 0 atom stereocenters. The molecule has 2 N–H and O–H groups in total. The topological polar surface area (TPSA) is 127 Å². The van der Waals surface area contributed by atoms with Gasteiger partial charge in [0.2, 0.25) is 10.0 Å². The summed E-state index contributed by atoms with van der Waals surface area (Å²) in [5, 5.41) is 18.9. The smallest absolute Gasteiger partial charge is 0.295 e. The number of sulfonamides is 1.